The van der Waals surface area contributed by atoms with E-state index in [4.69, 9.17) is 4.74 Å². The van der Waals surface area contributed by atoms with E-state index in [0.717, 1.165) is 29.8 Å². The summed E-state index contributed by atoms with van der Waals surface area (Å²) in [6.07, 6.45) is 3.01. The van der Waals surface area contributed by atoms with E-state index in [0.29, 0.717) is 12.5 Å². The van der Waals surface area contributed by atoms with Crippen LogP contribution in [0.2, 0.25) is 0 Å². The number of nitrogens with zero attached hydrogens (tertiary/aromatic N) is 3. The Balaban J connectivity index is 1.88. The summed E-state index contributed by atoms with van der Waals surface area (Å²) in [5.74, 6) is 0.687. The summed E-state index contributed by atoms with van der Waals surface area (Å²) in [6.45, 7) is 3.75. The van der Waals surface area contributed by atoms with E-state index in [1.54, 1.807) is 0 Å². The molecule has 0 aliphatic carbocycles. The second kappa shape index (κ2) is 7.99. The van der Waals surface area contributed by atoms with E-state index in [-0.39, 0.29) is 0 Å². The van der Waals surface area contributed by atoms with Gasteiger partial charge in [-0.15, -0.1) is 5.10 Å². The molecule has 130 valence electrons. The number of benzene rings is 2. The molecular weight excluding hydrogens is 310 g/mol. The third kappa shape index (κ3) is 4.48. The standard InChI is InChI=1S/C21H25N3O/c1-17-10-12-18(13-11-17)20-16-24(19-8-5-4-6-9-19)22-21(20)25-15-7-14-23(2)3/h4-6,8-13,16H,7,14-15H2,1-3H3. The van der Waals surface area contributed by atoms with Crippen molar-refractivity contribution in [1.82, 2.24) is 14.7 Å². The smallest absolute Gasteiger partial charge is 0.241 e. The molecule has 0 atom stereocenters. The number of para-hydroxylation sites is 1. The van der Waals surface area contributed by atoms with Crippen LogP contribution in [0.25, 0.3) is 16.8 Å². The van der Waals surface area contributed by atoms with Crippen LogP contribution in [-0.4, -0.2) is 41.9 Å². The average molecular weight is 335 g/mol. The maximum Gasteiger partial charge on any atom is 0.241 e. The number of aryl methyl sites for hydroxylation is 1. The maximum atomic E-state index is 6.02. The molecule has 0 bridgehead atoms. The van der Waals surface area contributed by atoms with Gasteiger partial charge in [0.1, 0.15) is 0 Å². The summed E-state index contributed by atoms with van der Waals surface area (Å²) in [5, 5.41) is 4.68. The van der Waals surface area contributed by atoms with Gasteiger partial charge in [-0.3, -0.25) is 0 Å². The van der Waals surface area contributed by atoms with Gasteiger partial charge < -0.3 is 9.64 Å². The normalized spacial score (nSPS) is 11.0. The Morgan fingerprint density at radius 2 is 1.72 bits per heavy atom. The fourth-order valence-corrected chi connectivity index (χ4v) is 2.66. The van der Waals surface area contributed by atoms with Gasteiger partial charge in [0.05, 0.1) is 17.9 Å². The van der Waals surface area contributed by atoms with E-state index in [9.17, 15) is 0 Å². The van der Waals surface area contributed by atoms with Crippen molar-refractivity contribution in [2.24, 2.45) is 0 Å². The van der Waals surface area contributed by atoms with Gasteiger partial charge in [0, 0.05) is 12.7 Å². The van der Waals surface area contributed by atoms with Crippen LogP contribution in [0.3, 0.4) is 0 Å². The van der Waals surface area contributed by atoms with Gasteiger partial charge in [0.25, 0.3) is 0 Å². The topological polar surface area (TPSA) is 30.3 Å². The summed E-state index contributed by atoms with van der Waals surface area (Å²) in [6, 6.07) is 18.6. The molecular formula is C21H25N3O. The highest BCUT2D eigenvalue weighted by atomic mass is 16.5. The van der Waals surface area contributed by atoms with Gasteiger partial charge in [-0.05, 0) is 45.1 Å². The number of ether oxygens (including phenoxy) is 1. The van der Waals surface area contributed by atoms with E-state index in [1.807, 2.05) is 41.2 Å². The Kier molecular flexibility index (Phi) is 5.51. The van der Waals surface area contributed by atoms with Crippen LogP contribution in [0.4, 0.5) is 0 Å². The number of hydrogen-bond acceptors (Lipinski definition) is 3. The minimum atomic E-state index is 0.656. The molecule has 0 aliphatic heterocycles. The molecule has 0 fully saturated rings. The van der Waals surface area contributed by atoms with Gasteiger partial charge in [0.15, 0.2) is 0 Å². The van der Waals surface area contributed by atoms with Crippen LogP contribution in [0.15, 0.2) is 60.8 Å². The Labute approximate surface area is 149 Å². The van der Waals surface area contributed by atoms with Crippen LogP contribution >= 0.6 is 0 Å². The second-order valence-corrected chi connectivity index (χ2v) is 6.50. The van der Waals surface area contributed by atoms with Crippen molar-refractivity contribution in [3.63, 3.8) is 0 Å². The minimum Gasteiger partial charge on any atom is -0.476 e. The molecule has 1 aromatic heterocycles. The summed E-state index contributed by atoms with van der Waals surface area (Å²) >= 11 is 0. The molecule has 0 unspecified atom stereocenters. The molecule has 0 radical (unpaired) electrons. The van der Waals surface area contributed by atoms with Gasteiger partial charge in [-0.1, -0.05) is 48.0 Å². The third-order valence-electron chi connectivity index (χ3n) is 4.05. The van der Waals surface area contributed by atoms with Gasteiger partial charge >= 0.3 is 0 Å². The summed E-state index contributed by atoms with van der Waals surface area (Å²) in [7, 11) is 4.14. The molecule has 25 heavy (non-hydrogen) atoms. The Hall–Kier alpha value is -2.59. The van der Waals surface area contributed by atoms with Crippen LogP contribution in [0.1, 0.15) is 12.0 Å². The highest BCUT2D eigenvalue weighted by molar-refractivity contribution is 5.68. The molecule has 1 heterocycles. The van der Waals surface area contributed by atoms with Crippen molar-refractivity contribution >= 4 is 0 Å². The third-order valence-corrected chi connectivity index (χ3v) is 4.05. The Morgan fingerprint density at radius 1 is 1.00 bits per heavy atom. The molecule has 0 amide bonds. The fraction of sp³-hybridized carbons (Fsp3) is 0.286. The predicted octanol–water partition coefficient (Wildman–Crippen LogP) is 4.18. The lowest BCUT2D eigenvalue weighted by molar-refractivity contribution is 0.273. The monoisotopic (exact) mass is 335 g/mol. The molecule has 3 aromatic rings. The van der Waals surface area contributed by atoms with E-state index >= 15 is 0 Å². The van der Waals surface area contributed by atoms with Crippen LogP contribution < -0.4 is 4.74 Å². The SMILES string of the molecule is Cc1ccc(-c2cn(-c3ccccc3)nc2OCCCN(C)C)cc1. The first-order chi connectivity index (χ1) is 12.1. The molecule has 4 heteroatoms. The number of rotatable bonds is 7. The van der Waals surface area contributed by atoms with E-state index < -0.39 is 0 Å². The number of hydrogen-bond donors (Lipinski definition) is 0. The molecule has 0 aliphatic rings. The molecule has 0 saturated heterocycles. The Bertz CT molecular complexity index is 792. The lowest BCUT2D eigenvalue weighted by atomic mass is 10.1. The zero-order chi connectivity index (χ0) is 17.6. The average Bonchev–Trinajstić information content (AvgIpc) is 3.04. The van der Waals surface area contributed by atoms with E-state index in [2.05, 4.69) is 55.3 Å². The highest BCUT2D eigenvalue weighted by Gasteiger charge is 2.13. The zero-order valence-corrected chi connectivity index (χ0v) is 15.1. The molecule has 0 spiro atoms. The first-order valence-corrected chi connectivity index (χ1v) is 8.63. The largest absolute Gasteiger partial charge is 0.476 e. The lowest BCUT2D eigenvalue weighted by Crippen LogP contribution is -2.15. The molecule has 4 nitrogen and oxygen atoms in total. The quantitative estimate of drug-likeness (QED) is 0.607. The maximum absolute atomic E-state index is 6.02. The summed E-state index contributed by atoms with van der Waals surface area (Å²) in [4.78, 5) is 2.16. The summed E-state index contributed by atoms with van der Waals surface area (Å²) < 4.78 is 7.90. The Morgan fingerprint density at radius 3 is 2.40 bits per heavy atom. The number of aromatic nitrogens is 2. The van der Waals surface area contributed by atoms with Gasteiger partial charge in [0.2, 0.25) is 5.88 Å². The molecule has 0 saturated carbocycles. The molecule has 2 aromatic carbocycles. The van der Waals surface area contributed by atoms with Crippen LogP contribution in [0.5, 0.6) is 5.88 Å². The van der Waals surface area contributed by atoms with Crippen LogP contribution in [-0.2, 0) is 0 Å². The van der Waals surface area contributed by atoms with Crippen molar-refractivity contribution in [2.45, 2.75) is 13.3 Å². The molecule has 3 rings (SSSR count). The van der Waals surface area contributed by atoms with Crippen molar-refractivity contribution in [1.29, 1.82) is 0 Å². The van der Waals surface area contributed by atoms with Crippen molar-refractivity contribution in [3.05, 3.63) is 66.4 Å². The predicted molar refractivity (Wildman–Crippen MR) is 102 cm³/mol. The minimum absolute atomic E-state index is 0.656. The van der Waals surface area contributed by atoms with Crippen molar-refractivity contribution in [3.8, 4) is 22.7 Å². The second-order valence-electron chi connectivity index (χ2n) is 6.50. The molecule has 0 N–H and O–H groups in total. The lowest BCUT2D eigenvalue weighted by Gasteiger charge is -2.10. The first kappa shape index (κ1) is 17.2. The van der Waals surface area contributed by atoms with Gasteiger partial charge in [-0.2, -0.15) is 0 Å². The van der Waals surface area contributed by atoms with Crippen molar-refractivity contribution < 1.29 is 4.74 Å². The zero-order valence-electron chi connectivity index (χ0n) is 15.1. The van der Waals surface area contributed by atoms with Gasteiger partial charge in [-0.25, -0.2) is 4.68 Å². The summed E-state index contributed by atoms with van der Waals surface area (Å²) in [5.41, 5.74) is 4.41. The first-order valence-electron chi connectivity index (χ1n) is 8.63. The van der Waals surface area contributed by atoms with E-state index in [1.165, 1.54) is 5.56 Å². The fourth-order valence-electron chi connectivity index (χ4n) is 2.66. The van der Waals surface area contributed by atoms with Crippen LogP contribution in [0, 0.1) is 6.92 Å². The van der Waals surface area contributed by atoms with Crippen molar-refractivity contribution in [2.75, 3.05) is 27.2 Å². The highest BCUT2D eigenvalue weighted by Crippen LogP contribution is 2.30.